The topological polar surface area (TPSA) is 49.8 Å². The Balaban J connectivity index is 2.41. The van der Waals surface area contributed by atoms with Crippen LogP contribution in [0.5, 0.6) is 0 Å². The third kappa shape index (κ3) is 3.76. The van der Waals surface area contributed by atoms with Crippen LogP contribution in [0.2, 0.25) is 0 Å². The Kier molecular flexibility index (Phi) is 4.74. The van der Waals surface area contributed by atoms with Crippen molar-refractivity contribution in [2.45, 2.75) is 38.2 Å². The molecule has 0 unspecified atom stereocenters. The fraction of sp³-hybridized carbons (Fsp3) is 0.917. The smallest absolute Gasteiger partial charge is 0.308 e. The lowest BCUT2D eigenvalue weighted by atomic mass is 9.78. The number of carbonyl (C=O) groups excluding carboxylic acids is 1. The minimum Gasteiger partial charge on any atom is -0.466 e. The number of hydrogen-bond donors (Lipinski definition) is 1. The Labute approximate surface area is 97.6 Å². The van der Waals surface area contributed by atoms with Crippen LogP contribution in [0.4, 0.5) is 0 Å². The van der Waals surface area contributed by atoms with Crippen LogP contribution in [-0.2, 0) is 9.53 Å². The average molecular weight is 229 g/mol. The zero-order valence-corrected chi connectivity index (χ0v) is 10.5. The van der Waals surface area contributed by atoms with E-state index in [0.717, 1.165) is 12.8 Å². The molecule has 0 aromatic carbocycles. The summed E-state index contributed by atoms with van der Waals surface area (Å²) in [6.07, 6.45) is 2.86. The van der Waals surface area contributed by atoms with E-state index in [-0.39, 0.29) is 11.9 Å². The quantitative estimate of drug-likeness (QED) is 0.732. The molecular formula is C12H23NO3. The van der Waals surface area contributed by atoms with Gasteiger partial charge in [0.15, 0.2) is 0 Å². The van der Waals surface area contributed by atoms with Crippen molar-refractivity contribution in [2.75, 3.05) is 27.2 Å². The lowest BCUT2D eigenvalue weighted by Crippen LogP contribution is -2.44. The van der Waals surface area contributed by atoms with Gasteiger partial charge in [0.2, 0.25) is 0 Å². The lowest BCUT2D eigenvalue weighted by molar-refractivity contribution is -0.151. The lowest BCUT2D eigenvalue weighted by Gasteiger charge is -2.36. The summed E-state index contributed by atoms with van der Waals surface area (Å²) in [5, 5.41) is 10.3. The van der Waals surface area contributed by atoms with Crippen molar-refractivity contribution in [3.05, 3.63) is 0 Å². The number of carbonyl (C=O) groups is 1. The van der Waals surface area contributed by atoms with Gasteiger partial charge >= 0.3 is 5.97 Å². The highest BCUT2D eigenvalue weighted by atomic mass is 16.5. The number of nitrogens with zero attached hydrogens (tertiary/aromatic N) is 1. The van der Waals surface area contributed by atoms with Gasteiger partial charge in [-0.25, -0.2) is 0 Å². The van der Waals surface area contributed by atoms with Gasteiger partial charge < -0.3 is 14.7 Å². The van der Waals surface area contributed by atoms with Gasteiger partial charge in [0, 0.05) is 6.54 Å². The van der Waals surface area contributed by atoms with Gasteiger partial charge in [0.05, 0.1) is 18.1 Å². The van der Waals surface area contributed by atoms with Crippen LogP contribution in [-0.4, -0.2) is 48.8 Å². The van der Waals surface area contributed by atoms with E-state index < -0.39 is 5.60 Å². The molecule has 1 rings (SSSR count). The molecule has 1 N–H and O–H groups in total. The largest absolute Gasteiger partial charge is 0.466 e. The van der Waals surface area contributed by atoms with Gasteiger partial charge in [-0.3, -0.25) is 4.79 Å². The van der Waals surface area contributed by atoms with Gasteiger partial charge in [0.1, 0.15) is 0 Å². The summed E-state index contributed by atoms with van der Waals surface area (Å²) in [5.41, 5.74) is -0.619. The number of likely N-dealkylation sites (N-methyl/N-ethyl adjacent to an activating group) is 1. The standard InChI is InChI=1S/C12H23NO3/c1-4-16-11(14)10-5-7-12(15,8-6-10)9-13(2)3/h10,15H,4-9H2,1-3H3. The summed E-state index contributed by atoms with van der Waals surface area (Å²) >= 11 is 0. The molecule has 0 radical (unpaired) electrons. The first-order valence-electron chi connectivity index (χ1n) is 6.00. The Morgan fingerprint density at radius 1 is 1.44 bits per heavy atom. The fourth-order valence-electron chi connectivity index (χ4n) is 2.40. The van der Waals surface area contributed by atoms with Crippen molar-refractivity contribution in [3.63, 3.8) is 0 Å². The highest BCUT2D eigenvalue weighted by Crippen LogP contribution is 2.33. The van der Waals surface area contributed by atoms with Crippen LogP contribution < -0.4 is 0 Å². The second kappa shape index (κ2) is 5.64. The molecule has 16 heavy (non-hydrogen) atoms. The second-order valence-electron chi connectivity index (χ2n) is 4.99. The Morgan fingerprint density at radius 3 is 2.44 bits per heavy atom. The van der Waals surface area contributed by atoms with Crippen molar-refractivity contribution in [2.24, 2.45) is 5.92 Å². The van der Waals surface area contributed by atoms with Crippen LogP contribution in [0, 0.1) is 5.92 Å². The molecule has 1 fully saturated rings. The van der Waals surface area contributed by atoms with E-state index >= 15 is 0 Å². The van der Waals surface area contributed by atoms with Crippen LogP contribution in [0.1, 0.15) is 32.6 Å². The summed E-state index contributed by atoms with van der Waals surface area (Å²) in [6, 6.07) is 0. The van der Waals surface area contributed by atoms with Gasteiger partial charge in [-0.2, -0.15) is 0 Å². The molecule has 4 nitrogen and oxygen atoms in total. The van der Waals surface area contributed by atoms with Gasteiger partial charge in [0.25, 0.3) is 0 Å². The van der Waals surface area contributed by atoms with Gasteiger partial charge in [-0.15, -0.1) is 0 Å². The number of esters is 1. The molecular weight excluding hydrogens is 206 g/mol. The summed E-state index contributed by atoms with van der Waals surface area (Å²) in [7, 11) is 3.91. The van der Waals surface area contributed by atoms with E-state index in [1.54, 1.807) is 0 Å². The maximum Gasteiger partial charge on any atom is 0.308 e. The van der Waals surface area contributed by atoms with Crippen molar-refractivity contribution in [3.8, 4) is 0 Å². The summed E-state index contributed by atoms with van der Waals surface area (Å²) in [5.74, 6) is -0.114. The highest BCUT2D eigenvalue weighted by Gasteiger charge is 2.36. The molecule has 0 aromatic rings. The van der Waals surface area contributed by atoms with Crippen LogP contribution in [0.25, 0.3) is 0 Å². The van der Waals surface area contributed by atoms with E-state index in [1.807, 2.05) is 25.9 Å². The fourth-order valence-corrected chi connectivity index (χ4v) is 2.40. The van der Waals surface area contributed by atoms with Gasteiger partial charge in [-0.05, 0) is 46.7 Å². The molecule has 0 spiro atoms. The summed E-state index contributed by atoms with van der Waals surface area (Å²) in [6.45, 7) is 2.93. The van der Waals surface area contributed by atoms with Crippen molar-refractivity contribution in [1.29, 1.82) is 0 Å². The highest BCUT2D eigenvalue weighted by molar-refractivity contribution is 5.72. The van der Waals surface area contributed by atoms with E-state index in [9.17, 15) is 9.90 Å². The first-order valence-corrected chi connectivity index (χ1v) is 6.00. The first kappa shape index (κ1) is 13.5. The van der Waals surface area contributed by atoms with Gasteiger partial charge in [-0.1, -0.05) is 0 Å². The van der Waals surface area contributed by atoms with Crippen molar-refractivity contribution < 1.29 is 14.6 Å². The predicted molar refractivity (Wildman–Crippen MR) is 62.1 cm³/mol. The zero-order chi connectivity index (χ0) is 12.2. The molecule has 0 amide bonds. The van der Waals surface area contributed by atoms with Crippen molar-refractivity contribution >= 4 is 5.97 Å². The number of hydrogen-bond acceptors (Lipinski definition) is 4. The molecule has 0 bridgehead atoms. The van der Waals surface area contributed by atoms with E-state index in [2.05, 4.69) is 0 Å². The monoisotopic (exact) mass is 229 g/mol. The van der Waals surface area contributed by atoms with Crippen LogP contribution in [0.3, 0.4) is 0 Å². The average Bonchev–Trinajstić information content (AvgIpc) is 2.17. The second-order valence-corrected chi connectivity index (χ2v) is 4.99. The molecule has 0 saturated heterocycles. The number of aliphatic hydroxyl groups is 1. The molecule has 1 saturated carbocycles. The maximum absolute atomic E-state index is 11.5. The zero-order valence-electron chi connectivity index (χ0n) is 10.5. The molecule has 0 aromatic heterocycles. The number of rotatable bonds is 4. The SMILES string of the molecule is CCOC(=O)C1CCC(O)(CN(C)C)CC1. The maximum atomic E-state index is 11.5. The minimum atomic E-state index is -0.619. The molecule has 0 atom stereocenters. The molecule has 1 aliphatic carbocycles. The predicted octanol–water partition coefficient (Wildman–Crippen LogP) is 1.03. The van der Waals surface area contributed by atoms with Crippen LogP contribution >= 0.6 is 0 Å². The minimum absolute atomic E-state index is 0.0117. The molecule has 4 heteroatoms. The molecule has 0 heterocycles. The van der Waals surface area contributed by atoms with Crippen molar-refractivity contribution in [1.82, 2.24) is 4.90 Å². The number of ether oxygens (including phenoxy) is 1. The van der Waals surface area contributed by atoms with E-state index in [0.29, 0.717) is 26.0 Å². The van der Waals surface area contributed by atoms with E-state index in [1.165, 1.54) is 0 Å². The third-order valence-electron chi connectivity index (χ3n) is 3.15. The first-order chi connectivity index (χ1) is 7.47. The Morgan fingerprint density at radius 2 is 2.00 bits per heavy atom. The van der Waals surface area contributed by atoms with E-state index in [4.69, 9.17) is 4.74 Å². The van der Waals surface area contributed by atoms with Crippen LogP contribution in [0.15, 0.2) is 0 Å². The normalized spacial score (nSPS) is 30.4. The summed E-state index contributed by atoms with van der Waals surface area (Å²) < 4.78 is 5.00. The molecule has 94 valence electrons. The third-order valence-corrected chi connectivity index (χ3v) is 3.15. The molecule has 0 aliphatic heterocycles. The molecule has 1 aliphatic rings. The Hall–Kier alpha value is -0.610. The Bertz CT molecular complexity index is 232. The summed E-state index contributed by atoms with van der Waals surface area (Å²) in [4.78, 5) is 13.5.